The van der Waals surface area contributed by atoms with Crippen molar-refractivity contribution in [2.45, 2.75) is 44.8 Å². The number of hydrogen-bond acceptors (Lipinski definition) is 4. The number of carbonyl (C=O) groups excluding carboxylic acids is 2. The molecule has 1 heterocycles. The number of carbonyl (C=O) groups is 2. The molecule has 1 atom stereocenters. The number of unbranched alkanes of at least 4 members (excludes halogenated alkanes) is 1. The fourth-order valence-corrected chi connectivity index (χ4v) is 5.47. The Morgan fingerprint density at radius 1 is 1.00 bits per heavy atom. The van der Waals surface area contributed by atoms with Gasteiger partial charge in [0.15, 0.2) is 0 Å². The number of anilines is 2. The first-order valence-electron chi connectivity index (χ1n) is 12.2. The summed E-state index contributed by atoms with van der Waals surface area (Å²) in [5.74, 6) is -0.655. The molecular formula is C30H29N3O2S. The zero-order chi connectivity index (χ0) is 25.5. The predicted octanol–water partition coefficient (Wildman–Crippen LogP) is 6.40. The van der Waals surface area contributed by atoms with Crippen molar-refractivity contribution >= 4 is 35.0 Å². The Balaban J connectivity index is 1.67. The van der Waals surface area contributed by atoms with Gasteiger partial charge in [-0.3, -0.25) is 14.5 Å². The van der Waals surface area contributed by atoms with Crippen molar-refractivity contribution in [2.24, 2.45) is 0 Å². The molecule has 4 rings (SSSR count). The monoisotopic (exact) mass is 495 g/mol. The van der Waals surface area contributed by atoms with Crippen LogP contribution in [0, 0.1) is 18.3 Å². The normalized spacial score (nSPS) is 16.5. The lowest BCUT2D eigenvalue weighted by molar-refractivity contribution is -0.117. The lowest BCUT2D eigenvalue weighted by atomic mass is 10.0. The van der Waals surface area contributed by atoms with E-state index in [0.29, 0.717) is 22.8 Å². The van der Waals surface area contributed by atoms with Crippen LogP contribution in [-0.2, 0) is 22.4 Å². The molecule has 0 bridgehead atoms. The highest BCUT2D eigenvalue weighted by Crippen LogP contribution is 2.43. The van der Waals surface area contributed by atoms with Crippen molar-refractivity contribution in [1.82, 2.24) is 0 Å². The van der Waals surface area contributed by atoms with E-state index >= 15 is 0 Å². The Labute approximate surface area is 216 Å². The van der Waals surface area contributed by atoms with Gasteiger partial charge in [0.1, 0.15) is 16.7 Å². The average Bonchev–Trinajstić information content (AvgIpc) is 3.20. The Bertz CT molecular complexity index is 1310. The summed E-state index contributed by atoms with van der Waals surface area (Å²) in [6.07, 6.45) is 3.86. The minimum atomic E-state index is -0.529. The third-order valence-electron chi connectivity index (χ3n) is 6.16. The first-order chi connectivity index (χ1) is 17.5. The van der Waals surface area contributed by atoms with Gasteiger partial charge in [0, 0.05) is 5.69 Å². The van der Waals surface area contributed by atoms with Crippen LogP contribution < -0.4 is 10.2 Å². The van der Waals surface area contributed by atoms with E-state index < -0.39 is 11.2 Å². The van der Waals surface area contributed by atoms with Crippen LogP contribution in [0.15, 0.2) is 89.5 Å². The van der Waals surface area contributed by atoms with Gasteiger partial charge in [0.05, 0.1) is 10.9 Å². The smallest absolute Gasteiger partial charge is 0.269 e. The van der Waals surface area contributed by atoms with Crippen LogP contribution in [0.2, 0.25) is 0 Å². The van der Waals surface area contributed by atoms with Gasteiger partial charge in [-0.05, 0) is 61.1 Å². The molecule has 5 nitrogen and oxygen atoms in total. The van der Waals surface area contributed by atoms with E-state index in [-0.39, 0.29) is 11.5 Å². The largest absolute Gasteiger partial charge is 0.321 e. The molecule has 1 saturated heterocycles. The third kappa shape index (κ3) is 5.69. The van der Waals surface area contributed by atoms with Crippen LogP contribution in [0.25, 0.3) is 0 Å². The molecule has 0 aliphatic carbocycles. The highest BCUT2D eigenvalue weighted by Gasteiger charge is 2.41. The van der Waals surface area contributed by atoms with E-state index in [0.717, 1.165) is 30.4 Å². The summed E-state index contributed by atoms with van der Waals surface area (Å²) in [7, 11) is 0. The predicted molar refractivity (Wildman–Crippen MR) is 147 cm³/mol. The number of benzene rings is 3. The summed E-state index contributed by atoms with van der Waals surface area (Å²) < 4.78 is 0. The number of nitriles is 1. The quantitative estimate of drug-likeness (QED) is 0.290. The number of rotatable bonds is 8. The van der Waals surface area contributed by atoms with Crippen LogP contribution in [0.1, 0.15) is 36.5 Å². The topological polar surface area (TPSA) is 73.2 Å². The minimum absolute atomic E-state index is 0.0714. The molecule has 6 heteroatoms. The van der Waals surface area contributed by atoms with E-state index in [9.17, 15) is 14.9 Å². The Kier molecular flexibility index (Phi) is 8.24. The van der Waals surface area contributed by atoms with Crippen molar-refractivity contribution in [3.05, 3.63) is 106 Å². The highest BCUT2D eigenvalue weighted by atomic mass is 32.2. The average molecular weight is 496 g/mol. The number of nitrogens with zero attached hydrogens (tertiary/aromatic N) is 2. The molecule has 3 aromatic carbocycles. The van der Waals surface area contributed by atoms with Gasteiger partial charge in [-0.2, -0.15) is 5.26 Å². The van der Waals surface area contributed by atoms with Gasteiger partial charge in [-0.1, -0.05) is 85.8 Å². The Morgan fingerprint density at radius 2 is 1.67 bits per heavy atom. The zero-order valence-corrected chi connectivity index (χ0v) is 21.3. The lowest BCUT2D eigenvalue weighted by Gasteiger charge is -2.20. The van der Waals surface area contributed by atoms with E-state index in [1.54, 1.807) is 17.0 Å². The number of hydrogen-bond donors (Lipinski definition) is 1. The highest BCUT2D eigenvalue weighted by molar-refractivity contribution is 8.05. The SMILES string of the molecule is CCCCc1ccc(CC2S/C(=C(/C#N)C(=O)Nc3ccccc3)N(c3ccccc3C)C2=O)cc1. The minimum Gasteiger partial charge on any atom is -0.321 e. The van der Waals surface area contributed by atoms with E-state index in [4.69, 9.17) is 0 Å². The fourth-order valence-electron chi connectivity index (χ4n) is 4.17. The number of amides is 2. The maximum Gasteiger partial charge on any atom is 0.269 e. The molecule has 3 aromatic rings. The molecule has 1 unspecified atom stereocenters. The van der Waals surface area contributed by atoms with Crippen LogP contribution in [0.4, 0.5) is 11.4 Å². The van der Waals surface area contributed by atoms with Crippen LogP contribution >= 0.6 is 11.8 Å². The zero-order valence-electron chi connectivity index (χ0n) is 20.5. The van der Waals surface area contributed by atoms with Crippen LogP contribution in [-0.4, -0.2) is 17.1 Å². The molecule has 2 amide bonds. The van der Waals surface area contributed by atoms with Gasteiger partial charge >= 0.3 is 0 Å². The molecule has 0 radical (unpaired) electrons. The van der Waals surface area contributed by atoms with Crippen molar-refractivity contribution in [3.8, 4) is 6.07 Å². The second kappa shape index (κ2) is 11.7. The van der Waals surface area contributed by atoms with Gasteiger partial charge in [0.25, 0.3) is 5.91 Å². The lowest BCUT2D eigenvalue weighted by Crippen LogP contribution is -2.31. The van der Waals surface area contributed by atoms with Crippen molar-refractivity contribution in [3.63, 3.8) is 0 Å². The van der Waals surface area contributed by atoms with Crippen molar-refractivity contribution in [1.29, 1.82) is 5.26 Å². The first-order valence-corrected chi connectivity index (χ1v) is 13.0. The summed E-state index contributed by atoms with van der Waals surface area (Å²) in [4.78, 5) is 28.4. The third-order valence-corrected chi connectivity index (χ3v) is 7.42. The van der Waals surface area contributed by atoms with E-state index in [2.05, 4.69) is 42.6 Å². The van der Waals surface area contributed by atoms with Gasteiger partial charge in [0.2, 0.25) is 5.91 Å². The summed E-state index contributed by atoms with van der Waals surface area (Å²) in [6, 6.07) is 27.0. The molecule has 1 aliphatic rings. The second-order valence-electron chi connectivity index (χ2n) is 8.80. The summed E-state index contributed by atoms with van der Waals surface area (Å²) in [6.45, 7) is 4.10. The van der Waals surface area contributed by atoms with Crippen LogP contribution in [0.5, 0.6) is 0 Å². The van der Waals surface area contributed by atoms with Gasteiger partial charge in [-0.25, -0.2) is 0 Å². The summed E-state index contributed by atoms with van der Waals surface area (Å²) >= 11 is 1.29. The summed E-state index contributed by atoms with van der Waals surface area (Å²) in [5.41, 5.74) is 4.44. The molecule has 0 aromatic heterocycles. The number of thioether (sulfide) groups is 1. The van der Waals surface area contributed by atoms with Gasteiger partial charge in [-0.15, -0.1) is 0 Å². The van der Waals surface area contributed by atoms with Gasteiger partial charge < -0.3 is 5.32 Å². The fraction of sp³-hybridized carbons (Fsp3) is 0.233. The van der Waals surface area contributed by atoms with Crippen molar-refractivity contribution in [2.75, 3.05) is 10.2 Å². The summed E-state index contributed by atoms with van der Waals surface area (Å²) in [5, 5.41) is 12.7. The van der Waals surface area contributed by atoms with Crippen LogP contribution in [0.3, 0.4) is 0 Å². The van der Waals surface area contributed by atoms with E-state index in [1.165, 1.54) is 17.3 Å². The second-order valence-corrected chi connectivity index (χ2v) is 9.99. The standard InChI is InChI=1S/C30H29N3O2S/c1-3-4-11-22-15-17-23(18-16-22)19-27-29(35)33(26-14-9-8-10-21(26)2)30(36-27)25(20-31)28(34)32-24-12-6-5-7-13-24/h5-10,12-18,27H,3-4,11,19H2,1-2H3,(H,32,34)/b30-25-. The molecular weight excluding hydrogens is 466 g/mol. The molecule has 1 fully saturated rings. The Hall–Kier alpha value is -3.82. The maximum absolute atomic E-state index is 13.7. The van der Waals surface area contributed by atoms with Crippen molar-refractivity contribution < 1.29 is 9.59 Å². The molecule has 36 heavy (non-hydrogen) atoms. The Morgan fingerprint density at radius 3 is 2.33 bits per heavy atom. The first kappa shape index (κ1) is 25.3. The molecule has 1 N–H and O–H groups in total. The number of para-hydroxylation sites is 2. The molecule has 1 aliphatic heterocycles. The molecule has 182 valence electrons. The number of aryl methyl sites for hydroxylation is 2. The molecule has 0 spiro atoms. The maximum atomic E-state index is 13.7. The molecule has 0 saturated carbocycles. The number of nitrogens with one attached hydrogen (secondary N) is 1. The van der Waals surface area contributed by atoms with E-state index in [1.807, 2.05) is 49.4 Å².